The average Bonchev–Trinajstić information content (AvgIpc) is 3.48. The molecule has 1 aliphatic rings. The number of amides is 1. The maximum absolute atomic E-state index is 14.7. The summed E-state index contributed by atoms with van der Waals surface area (Å²) in [6.45, 7) is 6.01. The Balaban J connectivity index is 1.91. The number of hydrogen-bond acceptors (Lipinski definition) is 6. The molecule has 1 fully saturated rings. The van der Waals surface area contributed by atoms with E-state index in [9.17, 15) is 9.18 Å². The summed E-state index contributed by atoms with van der Waals surface area (Å²) in [6.07, 6.45) is 6.52. The van der Waals surface area contributed by atoms with E-state index in [2.05, 4.69) is 34.4 Å². The van der Waals surface area contributed by atoms with Gasteiger partial charge >= 0.3 is 0 Å². The average molecular weight is 401 g/mol. The first-order valence-electron chi connectivity index (χ1n) is 9.99. The van der Waals surface area contributed by atoms with Crippen molar-refractivity contribution in [1.29, 1.82) is 0 Å². The lowest BCUT2D eigenvalue weighted by atomic mass is 9.99. The van der Waals surface area contributed by atoms with E-state index in [4.69, 9.17) is 11.5 Å². The van der Waals surface area contributed by atoms with Gasteiger partial charge < -0.3 is 22.1 Å². The van der Waals surface area contributed by atoms with E-state index in [0.29, 0.717) is 17.5 Å². The molecule has 1 amide bonds. The molecule has 2 heterocycles. The van der Waals surface area contributed by atoms with Gasteiger partial charge in [-0.3, -0.25) is 9.78 Å². The zero-order valence-corrected chi connectivity index (χ0v) is 17.1. The summed E-state index contributed by atoms with van der Waals surface area (Å²) in [5, 5.41) is 6.17. The fourth-order valence-corrected chi connectivity index (χ4v) is 3.26. The van der Waals surface area contributed by atoms with Crippen molar-refractivity contribution in [3.8, 4) is 0 Å². The van der Waals surface area contributed by atoms with Gasteiger partial charge in [0.2, 0.25) is 0 Å². The van der Waals surface area contributed by atoms with Crippen LogP contribution in [0.5, 0.6) is 0 Å². The molecule has 156 valence electrons. The SMILES string of the molecule is CC(C)C[C@@H](Nc1nc(Nc2cncc(C3CC3)c2)c(C(N)=O)cc1F)[C@H](C)N. The maximum Gasteiger partial charge on any atom is 0.252 e. The number of carbonyl (C=O) groups excluding carboxylic acids is 1. The molecule has 29 heavy (non-hydrogen) atoms. The summed E-state index contributed by atoms with van der Waals surface area (Å²) in [5.74, 6) is -0.288. The van der Waals surface area contributed by atoms with E-state index in [1.807, 2.05) is 19.2 Å². The Labute approximate surface area is 170 Å². The van der Waals surface area contributed by atoms with Gasteiger partial charge in [-0.25, -0.2) is 9.37 Å². The number of primary amides is 1. The van der Waals surface area contributed by atoms with Gasteiger partial charge in [0, 0.05) is 18.3 Å². The number of nitrogens with two attached hydrogens (primary N) is 2. The lowest BCUT2D eigenvalue weighted by Gasteiger charge is -2.25. The quantitative estimate of drug-likeness (QED) is 0.511. The molecule has 1 aliphatic carbocycles. The van der Waals surface area contributed by atoms with Crippen LogP contribution >= 0.6 is 0 Å². The molecule has 0 bridgehead atoms. The molecule has 3 rings (SSSR count). The largest absolute Gasteiger partial charge is 0.365 e. The molecule has 0 unspecified atom stereocenters. The minimum absolute atomic E-state index is 0.0221. The number of carbonyl (C=O) groups is 1. The molecular weight excluding hydrogens is 371 g/mol. The summed E-state index contributed by atoms with van der Waals surface area (Å²) >= 11 is 0. The molecule has 2 atom stereocenters. The number of aromatic nitrogens is 2. The topological polar surface area (TPSA) is 119 Å². The number of anilines is 3. The van der Waals surface area contributed by atoms with Crippen LogP contribution in [0.4, 0.5) is 21.7 Å². The summed E-state index contributed by atoms with van der Waals surface area (Å²) in [7, 11) is 0. The van der Waals surface area contributed by atoms with Crippen molar-refractivity contribution in [3.05, 3.63) is 41.5 Å². The number of pyridine rings is 2. The first-order chi connectivity index (χ1) is 13.7. The maximum atomic E-state index is 14.7. The van der Waals surface area contributed by atoms with Crippen LogP contribution in [0, 0.1) is 11.7 Å². The highest BCUT2D eigenvalue weighted by molar-refractivity contribution is 5.98. The molecule has 7 nitrogen and oxygen atoms in total. The number of halogens is 1. The molecule has 1 saturated carbocycles. The second-order valence-corrected chi connectivity index (χ2v) is 8.22. The van der Waals surface area contributed by atoms with Gasteiger partial charge in [-0.1, -0.05) is 13.8 Å². The van der Waals surface area contributed by atoms with Crippen molar-refractivity contribution in [2.75, 3.05) is 10.6 Å². The number of hydrogen-bond donors (Lipinski definition) is 4. The fourth-order valence-electron chi connectivity index (χ4n) is 3.26. The van der Waals surface area contributed by atoms with E-state index >= 15 is 0 Å². The molecule has 2 aromatic rings. The minimum Gasteiger partial charge on any atom is -0.365 e. The van der Waals surface area contributed by atoms with Crippen LogP contribution in [-0.2, 0) is 0 Å². The molecule has 0 aliphatic heterocycles. The third-order valence-corrected chi connectivity index (χ3v) is 4.99. The lowest BCUT2D eigenvalue weighted by Crippen LogP contribution is -2.39. The lowest BCUT2D eigenvalue weighted by molar-refractivity contribution is 0.100. The standard InChI is InChI=1S/C21H29FN6O/c1-11(2)6-18(12(3)23)27-21-17(22)8-16(19(24)29)20(28-21)26-15-7-14(9-25-10-15)13-4-5-13/h7-13,18H,4-6,23H2,1-3H3,(H2,24,29)(H2,26,27,28)/t12-,18+/m0/s1. The smallest absolute Gasteiger partial charge is 0.252 e. The van der Waals surface area contributed by atoms with E-state index in [-0.39, 0.29) is 29.3 Å². The fraction of sp³-hybridized carbons (Fsp3) is 0.476. The Morgan fingerprint density at radius 3 is 2.55 bits per heavy atom. The predicted molar refractivity (Wildman–Crippen MR) is 113 cm³/mol. The van der Waals surface area contributed by atoms with Crippen LogP contribution < -0.4 is 22.1 Å². The Kier molecular flexibility index (Phi) is 6.32. The predicted octanol–water partition coefficient (Wildman–Crippen LogP) is 3.51. The molecule has 2 aromatic heterocycles. The van der Waals surface area contributed by atoms with Crippen LogP contribution in [0.25, 0.3) is 0 Å². The second-order valence-electron chi connectivity index (χ2n) is 8.22. The highest BCUT2D eigenvalue weighted by atomic mass is 19.1. The first-order valence-corrected chi connectivity index (χ1v) is 9.99. The van der Waals surface area contributed by atoms with Crippen molar-refractivity contribution < 1.29 is 9.18 Å². The van der Waals surface area contributed by atoms with Crippen LogP contribution in [-0.4, -0.2) is 28.0 Å². The van der Waals surface area contributed by atoms with Crippen molar-refractivity contribution in [3.63, 3.8) is 0 Å². The van der Waals surface area contributed by atoms with Crippen LogP contribution in [0.1, 0.15) is 61.9 Å². The molecule has 0 spiro atoms. The number of nitrogens with one attached hydrogen (secondary N) is 2. The Morgan fingerprint density at radius 2 is 1.97 bits per heavy atom. The number of nitrogens with zero attached hydrogens (tertiary/aromatic N) is 2. The van der Waals surface area contributed by atoms with Gasteiger partial charge in [-0.05, 0) is 55.7 Å². The molecule has 6 N–H and O–H groups in total. The summed E-state index contributed by atoms with van der Waals surface area (Å²) in [5.41, 5.74) is 13.3. The Bertz CT molecular complexity index is 881. The number of rotatable bonds is 9. The zero-order chi connectivity index (χ0) is 21.1. The van der Waals surface area contributed by atoms with E-state index < -0.39 is 11.7 Å². The van der Waals surface area contributed by atoms with Gasteiger partial charge in [-0.15, -0.1) is 0 Å². The van der Waals surface area contributed by atoms with Crippen molar-refractivity contribution in [2.24, 2.45) is 17.4 Å². The monoisotopic (exact) mass is 400 g/mol. The van der Waals surface area contributed by atoms with Crippen LogP contribution in [0.3, 0.4) is 0 Å². The van der Waals surface area contributed by atoms with Gasteiger partial charge in [0.25, 0.3) is 5.91 Å². The van der Waals surface area contributed by atoms with E-state index in [1.165, 1.54) is 0 Å². The molecular formula is C21H29FN6O. The van der Waals surface area contributed by atoms with Crippen molar-refractivity contribution >= 4 is 23.2 Å². The van der Waals surface area contributed by atoms with E-state index in [0.717, 1.165) is 30.9 Å². The Hall–Kier alpha value is -2.74. The highest BCUT2D eigenvalue weighted by Crippen LogP contribution is 2.40. The third-order valence-electron chi connectivity index (χ3n) is 4.99. The van der Waals surface area contributed by atoms with Gasteiger partial charge in [0.05, 0.1) is 17.4 Å². The minimum atomic E-state index is -0.761. The first kappa shape index (κ1) is 21.0. The summed E-state index contributed by atoms with van der Waals surface area (Å²) < 4.78 is 14.7. The van der Waals surface area contributed by atoms with Crippen LogP contribution in [0.2, 0.25) is 0 Å². The third kappa shape index (κ3) is 5.41. The van der Waals surface area contributed by atoms with Crippen molar-refractivity contribution in [1.82, 2.24) is 9.97 Å². The second kappa shape index (κ2) is 8.73. The molecule has 0 radical (unpaired) electrons. The highest BCUT2D eigenvalue weighted by Gasteiger charge is 2.24. The molecule has 8 heteroatoms. The van der Waals surface area contributed by atoms with Gasteiger partial charge in [0.1, 0.15) is 5.82 Å². The zero-order valence-electron chi connectivity index (χ0n) is 17.1. The molecule has 0 saturated heterocycles. The van der Waals surface area contributed by atoms with E-state index in [1.54, 1.807) is 6.20 Å². The Morgan fingerprint density at radius 1 is 1.24 bits per heavy atom. The van der Waals surface area contributed by atoms with Crippen LogP contribution in [0.15, 0.2) is 24.5 Å². The van der Waals surface area contributed by atoms with Gasteiger partial charge in [0.15, 0.2) is 11.6 Å². The van der Waals surface area contributed by atoms with Gasteiger partial charge in [-0.2, -0.15) is 0 Å². The van der Waals surface area contributed by atoms with Crippen molar-refractivity contribution in [2.45, 2.75) is 58.0 Å². The molecule has 0 aromatic carbocycles. The summed E-state index contributed by atoms with van der Waals surface area (Å²) in [4.78, 5) is 20.4. The summed E-state index contributed by atoms with van der Waals surface area (Å²) in [6, 6.07) is 2.71. The normalized spacial score (nSPS) is 15.8.